The largest absolute Gasteiger partial charge is 0.502 e. The van der Waals surface area contributed by atoms with Crippen molar-refractivity contribution in [3.05, 3.63) is 44.5 Å². The third kappa shape index (κ3) is 3.56. The van der Waals surface area contributed by atoms with E-state index in [0.717, 1.165) is 6.08 Å². The van der Waals surface area contributed by atoms with E-state index >= 15 is 0 Å². The summed E-state index contributed by atoms with van der Waals surface area (Å²) in [6.45, 7) is 0. The minimum absolute atomic E-state index is 0.128. The van der Waals surface area contributed by atoms with Gasteiger partial charge in [-0.25, -0.2) is 21.2 Å². The van der Waals surface area contributed by atoms with Gasteiger partial charge in [-0.05, 0) is 47.8 Å². The van der Waals surface area contributed by atoms with Gasteiger partial charge in [-0.2, -0.15) is 13.2 Å². The number of sulfone groups is 2. The van der Waals surface area contributed by atoms with Crippen LogP contribution in [0.25, 0.3) is 12.2 Å². The highest BCUT2D eigenvalue weighted by molar-refractivity contribution is 8.15. The van der Waals surface area contributed by atoms with E-state index in [1.807, 2.05) is 0 Å². The van der Waals surface area contributed by atoms with Crippen molar-refractivity contribution in [2.75, 3.05) is 0 Å². The Hall–Kier alpha value is -1.68. The molecule has 0 bridgehead atoms. The monoisotopic (exact) mass is 424 g/mol. The minimum Gasteiger partial charge on any atom is -0.247 e. The zero-order chi connectivity index (χ0) is 20.0. The van der Waals surface area contributed by atoms with Crippen molar-refractivity contribution in [3.8, 4) is 0 Å². The van der Waals surface area contributed by atoms with Gasteiger partial charge in [0.05, 0.1) is 5.25 Å². The van der Waals surface area contributed by atoms with Crippen LogP contribution in [0.1, 0.15) is 25.7 Å². The van der Waals surface area contributed by atoms with Gasteiger partial charge in [-0.15, -0.1) is 0 Å². The molecule has 3 rings (SSSR count). The molecule has 0 amide bonds. The van der Waals surface area contributed by atoms with Crippen LogP contribution < -0.4 is 10.4 Å². The SMILES string of the molecule is O=S(=O)(C(=C1C=c2ccccc2=CC1)S(=O)(=O)C(F)(F)F)C1CCC(F)C1. The molecule has 0 N–H and O–H groups in total. The Morgan fingerprint density at radius 1 is 1.00 bits per heavy atom. The van der Waals surface area contributed by atoms with Crippen LogP contribution in [0.3, 0.4) is 0 Å². The molecule has 27 heavy (non-hydrogen) atoms. The van der Waals surface area contributed by atoms with Gasteiger partial charge in [0.2, 0.25) is 0 Å². The number of alkyl halides is 4. The van der Waals surface area contributed by atoms with Crippen molar-refractivity contribution in [3.63, 3.8) is 0 Å². The molecule has 0 aromatic heterocycles. The summed E-state index contributed by atoms with van der Waals surface area (Å²) in [5.74, 6) is 0. The molecule has 2 atom stereocenters. The summed E-state index contributed by atoms with van der Waals surface area (Å²) in [5.41, 5.74) is -6.23. The second-order valence-electron chi connectivity index (χ2n) is 6.52. The Morgan fingerprint density at radius 3 is 2.19 bits per heavy atom. The zero-order valence-corrected chi connectivity index (χ0v) is 15.5. The third-order valence-corrected chi connectivity index (χ3v) is 9.50. The molecule has 0 saturated heterocycles. The first-order valence-electron chi connectivity index (χ1n) is 8.14. The number of allylic oxidation sites excluding steroid dienone is 1. The first kappa shape index (κ1) is 20.1. The van der Waals surface area contributed by atoms with E-state index in [1.54, 1.807) is 24.3 Å². The smallest absolute Gasteiger partial charge is 0.247 e. The maximum absolute atomic E-state index is 13.5. The maximum Gasteiger partial charge on any atom is 0.502 e. The fourth-order valence-electron chi connectivity index (χ4n) is 3.37. The highest BCUT2D eigenvalue weighted by Crippen LogP contribution is 2.40. The number of benzene rings is 1. The van der Waals surface area contributed by atoms with Crippen LogP contribution in [0, 0.1) is 0 Å². The summed E-state index contributed by atoms with van der Waals surface area (Å²) >= 11 is 0. The van der Waals surface area contributed by atoms with Crippen molar-refractivity contribution in [2.24, 2.45) is 0 Å². The van der Waals surface area contributed by atoms with Crippen molar-refractivity contribution < 1.29 is 34.4 Å². The minimum atomic E-state index is -6.14. The molecule has 0 spiro atoms. The van der Waals surface area contributed by atoms with Gasteiger partial charge >= 0.3 is 5.51 Å². The van der Waals surface area contributed by atoms with Gasteiger partial charge in [0, 0.05) is 0 Å². The molecule has 0 heterocycles. The van der Waals surface area contributed by atoms with Gasteiger partial charge in [0.15, 0.2) is 14.1 Å². The van der Waals surface area contributed by atoms with E-state index in [1.165, 1.54) is 6.08 Å². The Bertz CT molecular complexity index is 1120. The van der Waals surface area contributed by atoms with Crippen LogP contribution in [0.2, 0.25) is 0 Å². The van der Waals surface area contributed by atoms with Crippen molar-refractivity contribution in [2.45, 2.75) is 42.6 Å². The first-order valence-corrected chi connectivity index (χ1v) is 11.2. The maximum atomic E-state index is 13.5. The summed E-state index contributed by atoms with van der Waals surface area (Å²) in [6, 6.07) is 6.52. The molecule has 4 nitrogen and oxygen atoms in total. The average Bonchev–Trinajstić information content (AvgIpc) is 3.01. The number of fused-ring (bicyclic) bond motifs is 1. The van der Waals surface area contributed by atoms with Crippen LogP contribution in [-0.2, 0) is 19.7 Å². The normalized spacial score (nSPS) is 25.3. The lowest BCUT2D eigenvalue weighted by Crippen LogP contribution is -2.34. The van der Waals surface area contributed by atoms with Crippen molar-refractivity contribution >= 4 is 31.8 Å². The lowest BCUT2D eigenvalue weighted by atomic mass is 10.0. The Labute approximate surface area is 153 Å². The molecule has 1 aromatic rings. The molecule has 2 unspecified atom stereocenters. The molecular weight excluding hydrogens is 408 g/mol. The second-order valence-corrected chi connectivity index (χ2v) is 10.8. The molecule has 0 radical (unpaired) electrons. The van der Waals surface area contributed by atoms with Gasteiger partial charge in [0.1, 0.15) is 6.17 Å². The number of rotatable bonds is 3. The molecule has 2 aliphatic rings. The highest BCUT2D eigenvalue weighted by Gasteiger charge is 2.55. The zero-order valence-electron chi connectivity index (χ0n) is 13.9. The quantitative estimate of drug-likeness (QED) is 0.697. The van der Waals surface area contributed by atoms with Gasteiger partial charge in [0.25, 0.3) is 9.84 Å². The van der Waals surface area contributed by atoms with Gasteiger partial charge in [-0.1, -0.05) is 30.3 Å². The van der Waals surface area contributed by atoms with Crippen LogP contribution in [0.5, 0.6) is 0 Å². The van der Waals surface area contributed by atoms with E-state index in [4.69, 9.17) is 0 Å². The molecule has 148 valence electrons. The molecule has 1 fully saturated rings. The number of hydrogen-bond acceptors (Lipinski definition) is 4. The molecular formula is C17H16F4O4S2. The summed E-state index contributed by atoms with van der Waals surface area (Å²) in [5, 5.41) is -0.414. The predicted octanol–water partition coefficient (Wildman–Crippen LogP) is 2.10. The lowest BCUT2D eigenvalue weighted by Gasteiger charge is -2.19. The van der Waals surface area contributed by atoms with Gasteiger partial charge < -0.3 is 0 Å². The summed E-state index contributed by atoms with van der Waals surface area (Å²) in [6.07, 6.45) is 0.00346. The van der Waals surface area contributed by atoms with Crippen molar-refractivity contribution in [1.29, 1.82) is 0 Å². The van der Waals surface area contributed by atoms with E-state index in [2.05, 4.69) is 0 Å². The molecule has 1 saturated carbocycles. The number of halogens is 4. The third-order valence-electron chi connectivity index (χ3n) is 4.70. The van der Waals surface area contributed by atoms with E-state index in [9.17, 15) is 34.4 Å². The number of hydrogen-bond donors (Lipinski definition) is 0. The van der Waals surface area contributed by atoms with Crippen molar-refractivity contribution in [1.82, 2.24) is 0 Å². The van der Waals surface area contributed by atoms with Crippen LogP contribution in [0.15, 0.2) is 34.1 Å². The highest BCUT2D eigenvalue weighted by atomic mass is 32.3. The summed E-state index contributed by atoms with van der Waals surface area (Å²) < 4.78 is 102. The molecule has 10 heteroatoms. The Morgan fingerprint density at radius 2 is 1.63 bits per heavy atom. The first-order chi connectivity index (χ1) is 12.4. The Balaban J connectivity index is 2.29. The summed E-state index contributed by atoms with van der Waals surface area (Å²) in [7, 11) is -11.0. The topological polar surface area (TPSA) is 68.3 Å². The molecule has 2 aliphatic carbocycles. The fourth-order valence-corrected chi connectivity index (χ4v) is 7.70. The van der Waals surface area contributed by atoms with Crippen LogP contribution in [0.4, 0.5) is 17.6 Å². The van der Waals surface area contributed by atoms with Crippen LogP contribution in [-0.4, -0.2) is 33.8 Å². The molecule has 0 aliphatic heterocycles. The predicted molar refractivity (Wildman–Crippen MR) is 92.7 cm³/mol. The average molecular weight is 424 g/mol. The fraction of sp³-hybridized carbons (Fsp3) is 0.412. The summed E-state index contributed by atoms with van der Waals surface area (Å²) in [4.78, 5) is 0. The van der Waals surface area contributed by atoms with Gasteiger partial charge in [-0.3, -0.25) is 0 Å². The molecule has 1 aromatic carbocycles. The van der Waals surface area contributed by atoms with E-state index in [0.29, 0.717) is 10.4 Å². The Kier molecular flexibility index (Phi) is 5.00. The lowest BCUT2D eigenvalue weighted by molar-refractivity contribution is -0.0425. The van der Waals surface area contributed by atoms with Crippen LogP contribution >= 0.6 is 0 Å². The van der Waals surface area contributed by atoms with E-state index < -0.39 is 52.8 Å². The van der Waals surface area contributed by atoms with E-state index in [-0.39, 0.29) is 19.3 Å². The second kappa shape index (κ2) is 6.73. The standard InChI is InChI=1S/C17H16F4O4S2/c18-14-7-8-15(10-14)26(22,23)16(27(24,25)17(19,20)21)13-6-5-11-3-1-2-4-12(11)9-13/h1-5,9,14-15H,6-8,10H2.